The summed E-state index contributed by atoms with van der Waals surface area (Å²) in [7, 11) is 0. The number of hydrogen-bond acceptors (Lipinski definition) is 4. The summed E-state index contributed by atoms with van der Waals surface area (Å²) in [6.07, 6.45) is 3.04. The number of nitrogens with zero attached hydrogens (tertiary/aromatic N) is 2. The Balaban J connectivity index is 2.23. The number of rotatable bonds is 5. The van der Waals surface area contributed by atoms with Gasteiger partial charge in [-0.05, 0) is 42.5 Å². The number of benzene rings is 1. The third-order valence-corrected chi connectivity index (χ3v) is 3.89. The fraction of sp³-hybridized carbons (Fsp3) is 0.250. The molecule has 1 aromatic heterocycles. The van der Waals surface area contributed by atoms with E-state index in [1.54, 1.807) is 6.20 Å². The molecule has 0 aliphatic heterocycles. The molecule has 128 valence electrons. The van der Waals surface area contributed by atoms with Gasteiger partial charge in [-0.2, -0.15) is 5.26 Å². The van der Waals surface area contributed by atoms with Crippen molar-refractivity contribution in [3.63, 3.8) is 0 Å². The van der Waals surface area contributed by atoms with E-state index in [1.165, 1.54) is 6.20 Å². The molecular formula is C20H22N4O. The molecule has 0 saturated heterocycles. The van der Waals surface area contributed by atoms with E-state index in [2.05, 4.69) is 29.5 Å². The Hall–Kier alpha value is -3.13. The highest BCUT2D eigenvalue weighted by Gasteiger charge is 2.15. The summed E-state index contributed by atoms with van der Waals surface area (Å²) in [6.45, 7) is 7.97. The average molecular weight is 334 g/mol. The van der Waals surface area contributed by atoms with Gasteiger partial charge in [-0.3, -0.25) is 4.79 Å². The molecule has 2 aromatic rings. The van der Waals surface area contributed by atoms with Gasteiger partial charge in [-0.1, -0.05) is 38.1 Å². The number of nitriles is 1. The number of aromatic nitrogens is 1. The standard InChI is InChI=1S/C20H22N4O/c1-13(2)17-9-5-7-14(3)18(17)24-20(25)16(11-21)12-23-19-15(4)8-6-10-22-19/h5-10,12-13H,1-4H3,(H,22,23)(H,24,25)/b16-12-. The Kier molecular flexibility index (Phi) is 5.91. The van der Waals surface area contributed by atoms with E-state index in [0.29, 0.717) is 5.82 Å². The van der Waals surface area contributed by atoms with E-state index < -0.39 is 5.91 Å². The second kappa shape index (κ2) is 8.11. The number of aryl methyl sites for hydroxylation is 2. The van der Waals surface area contributed by atoms with Crippen LogP contribution in [0.4, 0.5) is 11.5 Å². The first-order valence-corrected chi connectivity index (χ1v) is 8.13. The molecule has 1 aromatic carbocycles. The largest absolute Gasteiger partial charge is 0.345 e. The first kappa shape index (κ1) is 18.2. The normalized spacial score (nSPS) is 11.1. The minimum Gasteiger partial charge on any atom is -0.345 e. The Morgan fingerprint density at radius 2 is 1.92 bits per heavy atom. The highest BCUT2D eigenvalue weighted by atomic mass is 16.1. The molecule has 0 bridgehead atoms. The molecule has 5 heteroatoms. The Morgan fingerprint density at radius 3 is 2.56 bits per heavy atom. The van der Waals surface area contributed by atoms with Crippen molar-refractivity contribution < 1.29 is 4.79 Å². The van der Waals surface area contributed by atoms with Crippen molar-refractivity contribution >= 4 is 17.4 Å². The third kappa shape index (κ3) is 4.45. The average Bonchev–Trinajstić information content (AvgIpc) is 2.58. The van der Waals surface area contributed by atoms with Crippen LogP contribution in [-0.2, 0) is 4.79 Å². The number of anilines is 2. The molecule has 0 radical (unpaired) electrons. The van der Waals surface area contributed by atoms with Crippen LogP contribution in [0.2, 0.25) is 0 Å². The lowest BCUT2D eigenvalue weighted by Gasteiger charge is -2.16. The number of pyridine rings is 1. The Labute approximate surface area is 148 Å². The monoisotopic (exact) mass is 334 g/mol. The van der Waals surface area contributed by atoms with Gasteiger partial charge in [0.15, 0.2) is 0 Å². The highest BCUT2D eigenvalue weighted by molar-refractivity contribution is 6.07. The molecule has 5 nitrogen and oxygen atoms in total. The van der Waals surface area contributed by atoms with E-state index in [9.17, 15) is 10.1 Å². The van der Waals surface area contributed by atoms with E-state index in [1.807, 2.05) is 50.2 Å². The van der Waals surface area contributed by atoms with Crippen LogP contribution in [0.5, 0.6) is 0 Å². The quantitative estimate of drug-likeness (QED) is 0.632. The van der Waals surface area contributed by atoms with Crippen LogP contribution in [0.3, 0.4) is 0 Å². The fourth-order valence-electron chi connectivity index (χ4n) is 2.45. The van der Waals surface area contributed by atoms with Crippen molar-refractivity contribution in [3.05, 3.63) is 65.0 Å². The summed E-state index contributed by atoms with van der Waals surface area (Å²) in [5.74, 6) is 0.431. The lowest BCUT2D eigenvalue weighted by Crippen LogP contribution is -2.17. The molecule has 2 rings (SSSR count). The molecule has 0 aliphatic rings. The molecule has 1 heterocycles. The third-order valence-electron chi connectivity index (χ3n) is 3.89. The number of nitrogens with one attached hydrogen (secondary N) is 2. The number of hydrogen-bond donors (Lipinski definition) is 2. The molecule has 0 atom stereocenters. The van der Waals surface area contributed by atoms with Crippen LogP contribution in [0.25, 0.3) is 0 Å². The zero-order chi connectivity index (χ0) is 18.4. The molecule has 25 heavy (non-hydrogen) atoms. The van der Waals surface area contributed by atoms with Crippen molar-refractivity contribution in [2.45, 2.75) is 33.6 Å². The van der Waals surface area contributed by atoms with Gasteiger partial charge in [0.1, 0.15) is 17.5 Å². The maximum absolute atomic E-state index is 12.5. The molecule has 2 N–H and O–H groups in total. The van der Waals surface area contributed by atoms with Crippen LogP contribution in [0.15, 0.2) is 48.3 Å². The second-order valence-corrected chi connectivity index (χ2v) is 6.13. The SMILES string of the molecule is Cc1cccnc1N/C=C(/C#N)C(=O)Nc1c(C)cccc1C(C)C. The lowest BCUT2D eigenvalue weighted by molar-refractivity contribution is -0.112. The summed E-state index contributed by atoms with van der Waals surface area (Å²) in [4.78, 5) is 16.7. The maximum Gasteiger partial charge on any atom is 0.267 e. The van der Waals surface area contributed by atoms with Gasteiger partial charge in [0.2, 0.25) is 0 Å². The Morgan fingerprint density at radius 1 is 1.20 bits per heavy atom. The minimum absolute atomic E-state index is 0.0111. The van der Waals surface area contributed by atoms with Gasteiger partial charge in [-0.15, -0.1) is 0 Å². The molecule has 0 fully saturated rings. The predicted octanol–water partition coefficient (Wildman–Crippen LogP) is 4.28. The van der Waals surface area contributed by atoms with Crippen LogP contribution in [0.1, 0.15) is 36.5 Å². The first-order chi connectivity index (χ1) is 11.9. The van der Waals surface area contributed by atoms with Crippen LogP contribution in [0, 0.1) is 25.2 Å². The molecule has 0 spiro atoms. The van der Waals surface area contributed by atoms with Crippen molar-refractivity contribution in [1.82, 2.24) is 4.98 Å². The number of para-hydroxylation sites is 1. The smallest absolute Gasteiger partial charge is 0.267 e. The van der Waals surface area contributed by atoms with Crippen LogP contribution in [-0.4, -0.2) is 10.9 Å². The lowest BCUT2D eigenvalue weighted by atomic mass is 9.98. The molecule has 0 unspecified atom stereocenters. The van der Waals surface area contributed by atoms with E-state index in [0.717, 1.165) is 22.4 Å². The number of carbonyl (C=O) groups is 1. The molecule has 0 saturated carbocycles. The van der Waals surface area contributed by atoms with E-state index >= 15 is 0 Å². The number of carbonyl (C=O) groups excluding carboxylic acids is 1. The first-order valence-electron chi connectivity index (χ1n) is 8.13. The summed E-state index contributed by atoms with van der Waals surface area (Å²) < 4.78 is 0. The van der Waals surface area contributed by atoms with Crippen LogP contribution >= 0.6 is 0 Å². The molecule has 1 amide bonds. The van der Waals surface area contributed by atoms with Crippen LogP contribution < -0.4 is 10.6 Å². The Bertz CT molecular complexity index is 847. The summed E-state index contributed by atoms with van der Waals surface area (Å²) in [5.41, 5.74) is 3.68. The fourth-order valence-corrected chi connectivity index (χ4v) is 2.45. The van der Waals surface area contributed by atoms with Gasteiger partial charge in [0, 0.05) is 18.1 Å². The molecule has 0 aliphatic carbocycles. The van der Waals surface area contributed by atoms with Gasteiger partial charge in [0.25, 0.3) is 5.91 Å². The van der Waals surface area contributed by atoms with Gasteiger partial charge >= 0.3 is 0 Å². The van der Waals surface area contributed by atoms with Gasteiger partial charge in [-0.25, -0.2) is 4.98 Å². The summed E-state index contributed by atoms with van der Waals surface area (Å²) in [5, 5.41) is 15.1. The minimum atomic E-state index is -0.445. The number of amides is 1. The summed E-state index contributed by atoms with van der Waals surface area (Å²) >= 11 is 0. The summed E-state index contributed by atoms with van der Waals surface area (Å²) in [6, 6.07) is 11.6. The van der Waals surface area contributed by atoms with Crippen molar-refractivity contribution in [2.24, 2.45) is 0 Å². The highest BCUT2D eigenvalue weighted by Crippen LogP contribution is 2.27. The maximum atomic E-state index is 12.5. The van der Waals surface area contributed by atoms with E-state index in [4.69, 9.17) is 0 Å². The topological polar surface area (TPSA) is 77.8 Å². The van der Waals surface area contributed by atoms with Crippen molar-refractivity contribution in [1.29, 1.82) is 5.26 Å². The molecular weight excluding hydrogens is 312 g/mol. The van der Waals surface area contributed by atoms with Crippen molar-refractivity contribution in [2.75, 3.05) is 10.6 Å². The predicted molar refractivity (Wildman–Crippen MR) is 100 cm³/mol. The van der Waals surface area contributed by atoms with Gasteiger partial charge in [0.05, 0.1) is 0 Å². The zero-order valence-corrected chi connectivity index (χ0v) is 14.9. The van der Waals surface area contributed by atoms with E-state index in [-0.39, 0.29) is 11.5 Å². The van der Waals surface area contributed by atoms with Crippen molar-refractivity contribution in [3.8, 4) is 6.07 Å². The zero-order valence-electron chi connectivity index (χ0n) is 14.9. The van der Waals surface area contributed by atoms with Gasteiger partial charge < -0.3 is 10.6 Å². The second-order valence-electron chi connectivity index (χ2n) is 6.13.